The highest BCUT2D eigenvalue weighted by molar-refractivity contribution is 5.98. The molecule has 0 saturated heterocycles. The minimum Gasteiger partial charge on any atom is -0.467 e. The lowest BCUT2D eigenvalue weighted by atomic mass is 10.1. The molecule has 1 aromatic carbocycles. The number of carbonyl (C=O) groups excluding carboxylic acids is 2. The fourth-order valence-electron chi connectivity index (χ4n) is 4.57. The van der Waals surface area contributed by atoms with Crippen molar-refractivity contribution >= 4 is 28.5 Å². The minimum atomic E-state index is -0.687. The number of amides is 2. The first-order valence-electron chi connectivity index (χ1n) is 11.8. The van der Waals surface area contributed by atoms with E-state index < -0.39 is 17.2 Å². The van der Waals surface area contributed by atoms with E-state index in [1.807, 2.05) is 0 Å². The summed E-state index contributed by atoms with van der Waals surface area (Å²) in [6.45, 7) is 1.30. The van der Waals surface area contributed by atoms with Crippen molar-refractivity contribution in [3.05, 3.63) is 80.5 Å². The Morgan fingerprint density at radius 3 is 2.64 bits per heavy atom. The summed E-state index contributed by atoms with van der Waals surface area (Å²) in [6.07, 6.45) is 5.45. The number of fused-ring (bicyclic) bond motifs is 1. The fourth-order valence-corrected chi connectivity index (χ4v) is 4.57. The first-order chi connectivity index (χ1) is 17.4. The lowest BCUT2D eigenvalue weighted by Gasteiger charge is -2.15. The number of furan rings is 1. The molecular formula is C25H26N6O5. The van der Waals surface area contributed by atoms with Gasteiger partial charge in [0.25, 0.3) is 11.5 Å². The average molecular weight is 491 g/mol. The number of nitrogens with one attached hydrogen (secondary N) is 3. The Bertz CT molecular complexity index is 1540. The van der Waals surface area contributed by atoms with Crippen molar-refractivity contribution in [2.75, 3.05) is 5.32 Å². The molecule has 2 amide bonds. The van der Waals surface area contributed by atoms with Crippen LogP contribution < -0.4 is 21.9 Å². The van der Waals surface area contributed by atoms with Gasteiger partial charge in [-0.1, -0.05) is 12.8 Å². The largest absolute Gasteiger partial charge is 0.467 e. The second-order valence-electron chi connectivity index (χ2n) is 9.00. The maximum atomic E-state index is 13.5. The van der Waals surface area contributed by atoms with Crippen molar-refractivity contribution in [3.63, 3.8) is 0 Å². The molecule has 0 atom stereocenters. The highest BCUT2D eigenvalue weighted by Crippen LogP contribution is 2.19. The molecule has 4 aromatic rings. The molecule has 11 heteroatoms. The molecule has 1 fully saturated rings. The van der Waals surface area contributed by atoms with Crippen LogP contribution in [0.1, 0.15) is 47.5 Å². The van der Waals surface area contributed by atoms with Gasteiger partial charge in [-0.15, -0.1) is 0 Å². The van der Waals surface area contributed by atoms with Crippen molar-refractivity contribution < 1.29 is 14.0 Å². The highest BCUT2D eigenvalue weighted by Gasteiger charge is 2.21. The van der Waals surface area contributed by atoms with Crippen LogP contribution in [0.3, 0.4) is 0 Å². The number of H-pyrrole nitrogens is 1. The van der Waals surface area contributed by atoms with E-state index in [-0.39, 0.29) is 35.9 Å². The van der Waals surface area contributed by atoms with Gasteiger partial charge in [-0.05, 0) is 50.1 Å². The van der Waals surface area contributed by atoms with Gasteiger partial charge in [-0.3, -0.25) is 28.6 Å². The number of hydrogen-bond acceptors (Lipinski definition) is 6. The summed E-state index contributed by atoms with van der Waals surface area (Å²) in [4.78, 5) is 52.5. The molecule has 3 heterocycles. The summed E-state index contributed by atoms with van der Waals surface area (Å²) in [6, 6.07) is 9.66. The van der Waals surface area contributed by atoms with Gasteiger partial charge in [0.2, 0.25) is 5.91 Å². The number of aryl methyl sites for hydroxylation is 1. The molecule has 5 rings (SSSR count). The third kappa shape index (κ3) is 4.72. The molecule has 0 radical (unpaired) electrons. The third-order valence-corrected chi connectivity index (χ3v) is 6.35. The Hall–Kier alpha value is -4.41. The standard InChI is InChI=1S/C25H26N6O5/c1-15-11-21(29-28-15)27-22(32)14-30-20-12-16(23(33)26-17-5-2-3-6-17)8-9-19(20)24(34)31(25(30)35)13-18-7-4-10-36-18/h4,7-12,17H,2-3,5-6,13-14H2,1H3,(H,26,33)(H2,27,28,29,32). The Morgan fingerprint density at radius 2 is 1.94 bits per heavy atom. The molecule has 0 spiro atoms. The molecule has 3 N–H and O–H groups in total. The second-order valence-corrected chi connectivity index (χ2v) is 9.00. The SMILES string of the molecule is Cc1cc(NC(=O)Cn2c(=O)n(Cc3ccco3)c(=O)c3ccc(C(=O)NC4CCCC4)cc32)[nH]n1. The molecule has 0 aliphatic heterocycles. The summed E-state index contributed by atoms with van der Waals surface area (Å²) in [5.74, 6) is 0.0337. The number of carbonyl (C=O) groups is 2. The van der Waals surface area contributed by atoms with Crippen LogP contribution in [0.15, 0.2) is 56.7 Å². The molecule has 1 saturated carbocycles. The Balaban J connectivity index is 1.56. The van der Waals surface area contributed by atoms with Crippen LogP contribution in [0.4, 0.5) is 5.82 Å². The van der Waals surface area contributed by atoms with Crippen LogP contribution in [0.25, 0.3) is 10.9 Å². The summed E-state index contributed by atoms with van der Waals surface area (Å²) < 4.78 is 7.54. The van der Waals surface area contributed by atoms with E-state index in [4.69, 9.17) is 4.42 Å². The van der Waals surface area contributed by atoms with E-state index in [0.717, 1.165) is 30.3 Å². The van der Waals surface area contributed by atoms with E-state index >= 15 is 0 Å². The maximum Gasteiger partial charge on any atom is 0.332 e. The predicted molar refractivity (Wildman–Crippen MR) is 132 cm³/mol. The van der Waals surface area contributed by atoms with Gasteiger partial charge in [0.1, 0.15) is 18.1 Å². The minimum absolute atomic E-state index is 0.0914. The van der Waals surface area contributed by atoms with Gasteiger partial charge in [0, 0.05) is 17.7 Å². The number of aromatic amines is 1. The molecule has 11 nitrogen and oxygen atoms in total. The van der Waals surface area contributed by atoms with Crippen molar-refractivity contribution in [1.29, 1.82) is 0 Å². The van der Waals surface area contributed by atoms with Gasteiger partial charge < -0.3 is 15.1 Å². The molecule has 1 aliphatic carbocycles. The van der Waals surface area contributed by atoms with Crippen LogP contribution >= 0.6 is 0 Å². The Kier molecular flexibility index (Phi) is 6.28. The number of aromatic nitrogens is 4. The van der Waals surface area contributed by atoms with Crippen molar-refractivity contribution in [2.24, 2.45) is 0 Å². The topological polar surface area (TPSA) is 144 Å². The Morgan fingerprint density at radius 1 is 1.14 bits per heavy atom. The second kappa shape index (κ2) is 9.68. The quantitative estimate of drug-likeness (QED) is 0.362. The number of hydrogen-bond donors (Lipinski definition) is 3. The zero-order valence-electron chi connectivity index (χ0n) is 19.7. The smallest absolute Gasteiger partial charge is 0.332 e. The van der Waals surface area contributed by atoms with E-state index in [1.54, 1.807) is 31.2 Å². The first kappa shape index (κ1) is 23.3. The average Bonchev–Trinajstić information content (AvgIpc) is 3.63. The molecule has 0 bridgehead atoms. The summed E-state index contributed by atoms with van der Waals surface area (Å²) >= 11 is 0. The number of rotatable bonds is 7. The molecule has 0 unspecified atom stereocenters. The summed E-state index contributed by atoms with van der Waals surface area (Å²) in [5, 5.41) is 12.6. The summed E-state index contributed by atoms with van der Waals surface area (Å²) in [7, 11) is 0. The zero-order valence-corrected chi connectivity index (χ0v) is 19.7. The highest BCUT2D eigenvalue weighted by atomic mass is 16.3. The van der Waals surface area contributed by atoms with Crippen LogP contribution in [0.2, 0.25) is 0 Å². The number of anilines is 1. The van der Waals surface area contributed by atoms with Crippen molar-refractivity contribution in [1.82, 2.24) is 24.6 Å². The van der Waals surface area contributed by atoms with Crippen LogP contribution in [-0.4, -0.2) is 37.2 Å². The van der Waals surface area contributed by atoms with E-state index in [9.17, 15) is 19.2 Å². The van der Waals surface area contributed by atoms with Crippen LogP contribution in [0, 0.1) is 6.92 Å². The molecule has 36 heavy (non-hydrogen) atoms. The lowest BCUT2D eigenvalue weighted by Crippen LogP contribution is -2.42. The van der Waals surface area contributed by atoms with E-state index in [1.165, 1.54) is 23.0 Å². The maximum absolute atomic E-state index is 13.5. The van der Waals surface area contributed by atoms with Gasteiger partial charge in [-0.2, -0.15) is 5.10 Å². The van der Waals surface area contributed by atoms with Crippen LogP contribution in [-0.2, 0) is 17.9 Å². The summed E-state index contributed by atoms with van der Waals surface area (Å²) in [5.41, 5.74) is -0.00734. The normalized spacial score (nSPS) is 13.8. The number of benzene rings is 1. The molecular weight excluding hydrogens is 464 g/mol. The van der Waals surface area contributed by atoms with Gasteiger partial charge in [0.15, 0.2) is 0 Å². The van der Waals surface area contributed by atoms with Gasteiger partial charge in [0.05, 0.1) is 29.4 Å². The number of nitrogens with zero attached hydrogens (tertiary/aromatic N) is 3. The van der Waals surface area contributed by atoms with Crippen molar-refractivity contribution in [2.45, 2.75) is 51.7 Å². The van der Waals surface area contributed by atoms with Crippen LogP contribution in [0.5, 0.6) is 0 Å². The first-order valence-corrected chi connectivity index (χ1v) is 11.8. The van der Waals surface area contributed by atoms with E-state index in [2.05, 4.69) is 20.8 Å². The molecule has 1 aliphatic rings. The molecule has 186 valence electrons. The van der Waals surface area contributed by atoms with Gasteiger partial charge >= 0.3 is 5.69 Å². The Labute approximate surface area is 205 Å². The third-order valence-electron chi connectivity index (χ3n) is 6.35. The fraction of sp³-hybridized carbons (Fsp3) is 0.320. The van der Waals surface area contributed by atoms with Crippen molar-refractivity contribution in [3.8, 4) is 0 Å². The lowest BCUT2D eigenvalue weighted by molar-refractivity contribution is -0.116. The predicted octanol–water partition coefficient (Wildman–Crippen LogP) is 2.15. The monoisotopic (exact) mass is 490 g/mol. The molecule has 3 aromatic heterocycles. The zero-order chi connectivity index (χ0) is 25.2. The van der Waals surface area contributed by atoms with E-state index in [0.29, 0.717) is 22.8 Å². The van der Waals surface area contributed by atoms with Gasteiger partial charge in [-0.25, -0.2) is 4.79 Å².